The van der Waals surface area contributed by atoms with E-state index in [-0.39, 0.29) is 16.5 Å². The van der Waals surface area contributed by atoms with Crippen LogP contribution in [0.15, 0.2) is 11.4 Å². The van der Waals surface area contributed by atoms with Gasteiger partial charge in [-0.15, -0.1) is 0 Å². The summed E-state index contributed by atoms with van der Waals surface area (Å²) < 4.78 is 33.2. The zero-order valence-electron chi connectivity index (χ0n) is 15.6. The van der Waals surface area contributed by atoms with Gasteiger partial charge in [0.1, 0.15) is 0 Å². The number of hydrogen-bond acceptors (Lipinski definition) is 6. The summed E-state index contributed by atoms with van der Waals surface area (Å²) in [5.74, 6) is 0. The summed E-state index contributed by atoms with van der Waals surface area (Å²) in [5.41, 5.74) is 0.909. The molecule has 26 heavy (non-hydrogen) atoms. The number of β-amino-alcohol motifs (C(OH)–C–C–N with tert-alkyl or cyclic N) is 1. The maximum absolute atomic E-state index is 13.1. The molecule has 1 aromatic heterocycles. The minimum absolute atomic E-state index is 0.216. The number of ether oxygens (including phenoxy) is 1. The molecule has 1 saturated heterocycles. The van der Waals surface area contributed by atoms with E-state index in [2.05, 4.69) is 9.88 Å². The van der Waals surface area contributed by atoms with Crippen LogP contribution in [0.1, 0.15) is 50.6 Å². The molecule has 148 valence electrons. The summed E-state index contributed by atoms with van der Waals surface area (Å²) in [5, 5.41) is 9.82. The minimum atomic E-state index is -3.39. The van der Waals surface area contributed by atoms with Crippen molar-refractivity contribution >= 4 is 9.84 Å². The van der Waals surface area contributed by atoms with Crippen LogP contribution in [0, 0.1) is 0 Å². The van der Waals surface area contributed by atoms with Crippen LogP contribution >= 0.6 is 0 Å². The Morgan fingerprint density at radius 2 is 2.04 bits per heavy atom. The van der Waals surface area contributed by atoms with Crippen LogP contribution in [-0.2, 0) is 27.7 Å². The molecule has 0 spiro atoms. The van der Waals surface area contributed by atoms with E-state index in [0.717, 1.165) is 57.2 Å². The molecule has 2 heterocycles. The second kappa shape index (κ2) is 8.82. The van der Waals surface area contributed by atoms with Crippen molar-refractivity contribution in [2.45, 2.75) is 74.5 Å². The second-order valence-corrected chi connectivity index (χ2v) is 9.63. The van der Waals surface area contributed by atoms with Gasteiger partial charge in [-0.1, -0.05) is 12.8 Å². The lowest BCUT2D eigenvalue weighted by atomic mass is 10.1. The quantitative estimate of drug-likeness (QED) is 0.684. The molecule has 1 aliphatic carbocycles. The van der Waals surface area contributed by atoms with Crippen molar-refractivity contribution in [1.82, 2.24) is 14.5 Å². The summed E-state index contributed by atoms with van der Waals surface area (Å²) in [4.78, 5) is 6.53. The fourth-order valence-electron chi connectivity index (χ4n) is 4.10. The number of aliphatic hydroxyl groups excluding tert-OH is 1. The minimum Gasteiger partial charge on any atom is -0.392 e. The summed E-state index contributed by atoms with van der Waals surface area (Å²) in [6, 6.07) is 0. The van der Waals surface area contributed by atoms with Gasteiger partial charge in [0.25, 0.3) is 0 Å². The van der Waals surface area contributed by atoms with E-state index in [1.807, 2.05) is 4.57 Å². The normalized spacial score (nSPS) is 22.9. The van der Waals surface area contributed by atoms with Crippen LogP contribution in [0.4, 0.5) is 0 Å². The maximum atomic E-state index is 13.1. The highest BCUT2D eigenvalue weighted by Crippen LogP contribution is 2.30. The predicted octanol–water partition coefficient (Wildman–Crippen LogP) is 1.59. The zero-order valence-corrected chi connectivity index (χ0v) is 16.5. The SMILES string of the molecule is COCCCn1c(CN2CCC[C@@H](O)C2)cnc1S(=O)(=O)C1CCCC1. The largest absolute Gasteiger partial charge is 0.392 e. The first-order valence-corrected chi connectivity index (χ1v) is 11.2. The average molecular weight is 386 g/mol. The van der Waals surface area contributed by atoms with E-state index in [1.165, 1.54) is 0 Å². The number of aromatic nitrogens is 2. The van der Waals surface area contributed by atoms with Gasteiger partial charge in [-0.3, -0.25) is 4.90 Å². The Bertz CT molecular complexity index is 683. The Morgan fingerprint density at radius 3 is 2.73 bits per heavy atom. The van der Waals surface area contributed by atoms with Crippen LogP contribution in [0.25, 0.3) is 0 Å². The van der Waals surface area contributed by atoms with Crippen molar-refractivity contribution < 1.29 is 18.3 Å². The summed E-state index contributed by atoms with van der Waals surface area (Å²) >= 11 is 0. The van der Waals surface area contributed by atoms with Gasteiger partial charge < -0.3 is 14.4 Å². The van der Waals surface area contributed by atoms with E-state index < -0.39 is 9.84 Å². The highest BCUT2D eigenvalue weighted by Gasteiger charge is 2.34. The molecule has 0 unspecified atom stereocenters. The average Bonchev–Trinajstić information content (AvgIpc) is 3.26. The number of nitrogens with zero attached hydrogens (tertiary/aromatic N) is 3. The standard InChI is InChI=1S/C18H31N3O4S/c1-25-11-5-10-21-15(13-20-9-4-6-16(22)14-20)12-19-18(21)26(23,24)17-7-2-3-8-17/h12,16-17,22H,2-11,13-14H2,1H3/t16-/m1/s1. The third-order valence-corrected chi connectivity index (χ3v) is 7.68. The van der Waals surface area contributed by atoms with Gasteiger partial charge >= 0.3 is 0 Å². The number of methoxy groups -OCH3 is 1. The van der Waals surface area contributed by atoms with Crippen LogP contribution in [-0.4, -0.2) is 66.1 Å². The lowest BCUT2D eigenvalue weighted by Crippen LogP contribution is -2.38. The van der Waals surface area contributed by atoms with Crippen molar-refractivity contribution in [1.29, 1.82) is 0 Å². The number of aliphatic hydroxyl groups is 1. The third-order valence-electron chi connectivity index (χ3n) is 5.49. The molecule has 3 rings (SSSR count). The van der Waals surface area contributed by atoms with E-state index in [4.69, 9.17) is 4.74 Å². The fourth-order valence-corrected chi connectivity index (χ4v) is 6.07. The van der Waals surface area contributed by atoms with E-state index in [0.29, 0.717) is 26.2 Å². The van der Waals surface area contributed by atoms with Crippen LogP contribution < -0.4 is 0 Å². The fraction of sp³-hybridized carbons (Fsp3) is 0.833. The highest BCUT2D eigenvalue weighted by molar-refractivity contribution is 7.91. The molecule has 1 N–H and O–H groups in total. The van der Waals surface area contributed by atoms with E-state index in [9.17, 15) is 13.5 Å². The third kappa shape index (κ3) is 4.47. The second-order valence-electron chi connectivity index (χ2n) is 7.51. The van der Waals surface area contributed by atoms with Crippen molar-refractivity contribution in [2.24, 2.45) is 0 Å². The lowest BCUT2D eigenvalue weighted by molar-refractivity contribution is 0.0654. The van der Waals surface area contributed by atoms with E-state index in [1.54, 1.807) is 13.3 Å². The predicted molar refractivity (Wildman–Crippen MR) is 98.7 cm³/mol. The molecule has 7 nitrogen and oxygen atoms in total. The van der Waals surface area contributed by atoms with Gasteiger partial charge in [-0.2, -0.15) is 0 Å². The maximum Gasteiger partial charge on any atom is 0.228 e. The molecule has 2 aliphatic rings. The molecular weight excluding hydrogens is 354 g/mol. The van der Waals surface area contributed by atoms with Crippen molar-refractivity contribution in [3.63, 3.8) is 0 Å². The molecule has 2 fully saturated rings. The smallest absolute Gasteiger partial charge is 0.228 e. The first-order chi connectivity index (χ1) is 12.5. The molecule has 0 aromatic carbocycles. The molecule has 0 radical (unpaired) electrons. The number of rotatable bonds is 8. The van der Waals surface area contributed by atoms with Gasteiger partial charge in [-0.25, -0.2) is 13.4 Å². The Morgan fingerprint density at radius 1 is 1.27 bits per heavy atom. The van der Waals surface area contributed by atoms with Crippen LogP contribution in [0.3, 0.4) is 0 Å². The first kappa shape index (κ1) is 19.8. The number of hydrogen-bond donors (Lipinski definition) is 1. The Balaban J connectivity index is 1.83. The number of imidazole rings is 1. The van der Waals surface area contributed by atoms with Gasteiger partial charge in [0.2, 0.25) is 15.0 Å². The van der Waals surface area contributed by atoms with Crippen LogP contribution in [0.2, 0.25) is 0 Å². The van der Waals surface area contributed by atoms with Gasteiger partial charge in [0, 0.05) is 33.4 Å². The van der Waals surface area contributed by atoms with Crippen LogP contribution in [0.5, 0.6) is 0 Å². The highest BCUT2D eigenvalue weighted by atomic mass is 32.2. The molecule has 8 heteroatoms. The van der Waals surface area contributed by atoms with Gasteiger partial charge in [0.05, 0.1) is 23.2 Å². The zero-order chi connectivity index (χ0) is 18.6. The molecule has 1 saturated carbocycles. The molecule has 1 atom stereocenters. The number of likely N-dealkylation sites (tertiary alicyclic amines) is 1. The first-order valence-electron chi connectivity index (χ1n) is 9.70. The number of sulfone groups is 1. The van der Waals surface area contributed by atoms with Gasteiger partial charge in [-0.05, 0) is 38.6 Å². The molecule has 0 bridgehead atoms. The Hall–Kier alpha value is -0.960. The lowest BCUT2D eigenvalue weighted by Gasteiger charge is -2.30. The van der Waals surface area contributed by atoms with Gasteiger partial charge in [0.15, 0.2) is 0 Å². The summed E-state index contributed by atoms with van der Waals surface area (Å²) in [6.07, 6.45) is 7.39. The molecule has 1 aliphatic heterocycles. The Labute approximate surface area is 156 Å². The Kier molecular flexibility index (Phi) is 6.71. The summed E-state index contributed by atoms with van der Waals surface area (Å²) in [6.45, 7) is 3.35. The summed E-state index contributed by atoms with van der Waals surface area (Å²) in [7, 11) is -1.74. The topological polar surface area (TPSA) is 84.7 Å². The van der Waals surface area contributed by atoms with Crippen molar-refractivity contribution in [3.05, 3.63) is 11.9 Å². The number of piperidine rings is 1. The van der Waals surface area contributed by atoms with Crippen molar-refractivity contribution in [3.8, 4) is 0 Å². The van der Waals surface area contributed by atoms with Crippen molar-refractivity contribution in [2.75, 3.05) is 26.8 Å². The van der Waals surface area contributed by atoms with E-state index >= 15 is 0 Å². The molecular formula is C18H31N3O4S. The monoisotopic (exact) mass is 385 g/mol. The molecule has 0 amide bonds. The molecule has 1 aromatic rings.